The van der Waals surface area contributed by atoms with Crippen LogP contribution in [0, 0.1) is 11.3 Å². The van der Waals surface area contributed by atoms with Crippen LogP contribution in [0.3, 0.4) is 0 Å². The van der Waals surface area contributed by atoms with Gasteiger partial charge in [-0.05, 0) is 32.7 Å². The molecule has 1 N–H and O–H groups in total. The molecule has 0 saturated heterocycles. The van der Waals surface area contributed by atoms with Gasteiger partial charge in [-0.2, -0.15) is 0 Å². The minimum Gasteiger partial charge on any atom is -0.319 e. The van der Waals surface area contributed by atoms with E-state index in [1.807, 2.05) is 7.05 Å². The Hall–Kier alpha value is -0.370. The van der Waals surface area contributed by atoms with Crippen molar-refractivity contribution in [3.05, 3.63) is 0 Å². The number of hydrogen-bond donors (Lipinski definition) is 1. The summed E-state index contributed by atoms with van der Waals surface area (Å²) in [5, 5.41) is 3.15. The molecule has 74 valence electrons. The van der Waals surface area contributed by atoms with Gasteiger partial charge in [0.25, 0.3) is 0 Å². The molecule has 0 aliphatic heterocycles. The molecule has 2 aliphatic carbocycles. The first-order valence-electron chi connectivity index (χ1n) is 5.47. The number of Topliss-reactive ketones (excluding diaryl/α,β-unsaturated/α-hetero) is 1. The molecular weight excluding hydrogens is 162 g/mol. The van der Waals surface area contributed by atoms with Crippen molar-refractivity contribution in [3.8, 4) is 0 Å². The Kier molecular flexibility index (Phi) is 2.41. The standard InChI is InChI=1S/C11H19NO/c1-12-8-11(6-7-11)10(13)9-4-2-3-5-9/h9,12H,2-8H2,1H3. The van der Waals surface area contributed by atoms with Gasteiger partial charge in [-0.3, -0.25) is 4.79 Å². The van der Waals surface area contributed by atoms with Gasteiger partial charge < -0.3 is 5.32 Å². The molecule has 2 nitrogen and oxygen atoms in total. The molecule has 0 radical (unpaired) electrons. The van der Waals surface area contributed by atoms with E-state index in [0.29, 0.717) is 11.7 Å². The van der Waals surface area contributed by atoms with Crippen molar-refractivity contribution in [3.63, 3.8) is 0 Å². The Morgan fingerprint density at radius 2 is 2.00 bits per heavy atom. The molecule has 13 heavy (non-hydrogen) atoms. The summed E-state index contributed by atoms with van der Waals surface area (Å²) in [5.74, 6) is 0.982. The third-order valence-corrected chi connectivity index (χ3v) is 3.62. The van der Waals surface area contributed by atoms with E-state index < -0.39 is 0 Å². The molecule has 0 aromatic carbocycles. The lowest BCUT2D eigenvalue weighted by atomic mass is 9.89. The lowest BCUT2D eigenvalue weighted by Gasteiger charge is -2.17. The highest BCUT2D eigenvalue weighted by atomic mass is 16.1. The fraction of sp³-hybridized carbons (Fsp3) is 0.909. The number of ketones is 1. The molecule has 2 fully saturated rings. The Labute approximate surface area is 80.1 Å². The van der Waals surface area contributed by atoms with E-state index in [4.69, 9.17) is 0 Å². The fourth-order valence-corrected chi connectivity index (χ4v) is 2.62. The monoisotopic (exact) mass is 181 g/mol. The number of carbonyl (C=O) groups is 1. The van der Waals surface area contributed by atoms with Gasteiger partial charge in [0.05, 0.1) is 0 Å². The van der Waals surface area contributed by atoms with E-state index in [-0.39, 0.29) is 5.41 Å². The molecule has 0 amide bonds. The van der Waals surface area contributed by atoms with Crippen LogP contribution in [0.1, 0.15) is 38.5 Å². The zero-order valence-electron chi connectivity index (χ0n) is 8.44. The molecule has 2 rings (SSSR count). The third kappa shape index (κ3) is 1.64. The number of rotatable bonds is 4. The zero-order valence-corrected chi connectivity index (χ0v) is 8.44. The van der Waals surface area contributed by atoms with Gasteiger partial charge in [0.1, 0.15) is 5.78 Å². The Balaban J connectivity index is 1.95. The summed E-state index contributed by atoms with van der Waals surface area (Å²) in [5.41, 5.74) is 0.0732. The van der Waals surface area contributed by atoms with Crippen molar-refractivity contribution in [2.45, 2.75) is 38.5 Å². The predicted octanol–water partition coefficient (Wildman–Crippen LogP) is 1.75. The van der Waals surface area contributed by atoms with E-state index in [0.717, 1.165) is 32.2 Å². The summed E-state index contributed by atoms with van der Waals surface area (Å²) in [7, 11) is 1.95. The molecule has 2 saturated carbocycles. The molecule has 0 atom stereocenters. The Morgan fingerprint density at radius 1 is 1.38 bits per heavy atom. The minimum absolute atomic E-state index is 0.0732. The van der Waals surface area contributed by atoms with Gasteiger partial charge in [-0.1, -0.05) is 12.8 Å². The van der Waals surface area contributed by atoms with Gasteiger partial charge in [0, 0.05) is 17.9 Å². The first-order valence-corrected chi connectivity index (χ1v) is 5.47. The third-order valence-electron chi connectivity index (χ3n) is 3.62. The van der Waals surface area contributed by atoms with Gasteiger partial charge in [0.2, 0.25) is 0 Å². The van der Waals surface area contributed by atoms with Crippen molar-refractivity contribution in [2.75, 3.05) is 13.6 Å². The Morgan fingerprint density at radius 3 is 2.46 bits per heavy atom. The maximum atomic E-state index is 12.1. The maximum Gasteiger partial charge on any atom is 0.143 e. The maximum absolute atomic E-state index is 12.1. The van der Waals surface area contributed by atoms with Crippen LogP contribution in [0.5, 0.6) is 0 Å². The highest BCUT2D eigenvalue weighted by Crippen LogP contribution is 2.49. The van der Waals surface area contributed by atoms with Crippen LogP contribution in [-0.2, 0) is 4.79 Å². The van der Waals surface area contributed by atoms with Crippen LogP contribution < -0.4 is 5.32 Å². The van der Waals surface area contributed by atoms with Crippen molar-refractivity contribution in [1.29, 1.82) is 0 Å². The zero-order chi connectivity index (χ0) is 9.31. The first kappa shape index (κ1) is 9.20. The fourth-order valence-electron chi connectivity index (χ4n) is 2.62. The molecular formula is C11H19NO. The summed E-state index contributed by atoms with van der Waals surface area (Å²) in [6.45, 7) is 0.905. The summed E-state index contributed by atoms with van der Waals surface area (Å²) < 4.78 is 0. The van der Waals surface area contributed by atoms with Crippen molar-refractivity contribution < 1.29 is 4.79 Å². The molecule has 0 spiro atoms. The average molecular weight is 181 g/mol. The van der Waals surface area contributed by atoms with Crippen LogP contribution in [0.15, 0.2) is 0 Å². The summed E-state index contributed by atoms with van der Waals surface area (Å²) in [6, 6.07) is 0. The smallest absolute Gasteiger partial charge is 0.143 e. The first-order chi connectivity index (χ1) is 6.28. The lowest BCUT2D eigenvalue weighted by Crippen LogP contribution is -2.31. The normalized spacial score (nSPS) is 26.2. The van der Waals surface area contributed by atoms with E-state index in [1.165, 1.54) is 12.8 Å². The quantitative estimate of drug-likeness (QED) is 0.716. The molecule has 0 bridgehead atoms. The van der Waals surface area contributed by atoms with Crippen LogP contribution in [0.25, 0.3) is 0 Å². The highest BCUT2D eigenvalue weighted by molar-refractivity contribution is 5.89. The number of carbonyl (C=O) groups excluding carboxylic acids is 1. The van der Waals surface area contributed by atoms with Gasteiger partial charge in [-0.15, -0.1) is 0 Å². The van der Waals surface area contributed by atoms with Crippen LogP contribution >= 0.6 is 0 Å². The van der Waals surface area contributed by atoms with E-state index in [2.05, 4.69) is 5.32 Å². The summed E-state index contributed by atoms with van der Waals surface area (Å²) in [4.78, 5) is 12.1. The predicted molar refractivity (Wildman–Crippen MR) is 52.6 cm³/mol. The van der Waals surface area contributed by atoms with Gasteiger partial charge in [0.15, 0.2) is 0 Å². The molecule has 0 heterocycles. The molecule has 0 aromatic rings. The van der Waals surface area contributed by atoms with Crippen LogP contribution in [-0.4, -0.2) is 19.4 Å². The van der Waals surface area contributed by atoms with Gasteiger partial charge >= 0.3 is 0 Å². The second-order valence-electron chi connectivity index (χ2n) is 4.66. The van der Waals surface area contributed by atoms with Gasteiger partial charge in [-0.25, -0.2) is 0 Å². The molecule has 0 aromatic heterocycles. The summed E-state index contributed by atoms with van der Waals surface area (Å²) in [6.07, 6.45) is 7.11. The molecule has 0 unspecified atom stereocenters. The average Bonchev–Trinajstić information content (AvgIpc) is 2.72. The topological polar surface area (TPSA) is 29.1 Å². The van der Waals surface area contributed by atoms with E-state index in [9.17, 15) is 4.79 Å². The molecule has 2 aliphatic rings. The number of nitrogens with one attached hydrogen (secondary N) is 1. The van der Waals surface area contributed by atoms with E-state index >= 15 is 0 Å². The minimum atomic E-state index is 0.0732. The summed E-state index contributed by atoms with van der Waals surface area (Å²) >= 11 is 0. The van der Waals surface area contributed by atoms with Crippen LogP contribution in [0.2, 0.25) is 0 Å². The lowest BCUT2D eigenvalue weighted by molar-refractivity contribution is -0.127. The second-order valence-corrected chi connectivity index (χ2v) is 4.66. The molecule has 2 heteroatoms. The Bertz CT molecular complexity index is 202. The SMILES string of the molecule is CNCC1(C(=O)C2CCCC2)CC1. The van der Waals surface area contributed by atoms with Crippen molar-refractivity contribution in [1.82, 2.24) is 5.32 Å². The highest BCUT2D eigenvalue weighted by Gasteiger charge is 2.51. The van der Waals surface area contributed by atoms with Crippen LogP contribution in [0.4, 0.5) is 0 Å². The van der Waals surface area contributed by atoms with Crippen molar-refractivity contribution >= 4 is 5.78 Å². The second kappa shape index (κ2) is 3.41. The number of hydrogen-bond acceptors (Lipinski definition) is 2. The van der Waals surface area contributed by atoms with E-state index in [1.54, 1.807) is 0 Å². The largest absolute Gasteiger partial charge is 0.319 e. The van der Waals surface area contributed by atoms with Crippen molar-refractivity contribution in [2.24, 2.45) is 11.3 Å².